The van der Waals surface area contributed by atoms with Crippen molar-refractivity contribution in [2.75, 3.05) is 31.5 Å². The third-order valence-corrected chi connectivity index (χ3v) is 6.47. The van der Waals surface area contributed by atoms with Gasteiger partial charge in [-0.3, -0.25) is 9.78 Å². The summed E-state index contributed by atoms with van der Waals surface area (Å²) < 4.78 is 5.23. The third-order valence-electron chi connectivity index (χ3n) is 6.47. The second-order valence-electron chi connectivity index (χ2n) is 8.48. The van der Waals surface area contributed by atoms with Crippen LogP contribution in [0.5, 0.6) is 0 Å². The highest BCUT2D eigenvalue weighted by molar-refractivity contribution is 5.91. The molecule has 0 unspecified atom stereocenters. The average molecular weight is 431 g/mol. The molecule has 0 aliphatic carbocycles. The zero-order chi connectivity index (χ0) is 21.9. The molecule has 0 spiro atoms. The Labute approximate surface area is 187 Å². The van der Waals surface area contributed by atoms with Gasteiger partial charge in [-0.15, -0.1) is 0 Å². The zero-order valence-electron chi connectivity index (χ0n) is 17.8. The number of amides is 3. The number of nitrogens with zero attached hydrogens (tertiary/aromatic N) is 3. The maximum Gasteiger partial charge on any atom is 0.321 e. The van der Waals surface area contributed by atoms with Crippen molar-refractivity contribution >= 4 is 17.6 Å². The Morgan fingerprint density at radius 1 is 0.906 bits per heavy atom. The van der Waals surface area contributed by atoms with Gasteiger partial charge in [-0.2, -0.15) is 0 Å². The molecule has 1 aromatic carbocycles. The zero-order valence-corrected chi connectivity index (χ0v) is 17.8. The Morgan fingerprint density at radius 2 is 1.69 bits per heavy atom. The Hall–Kier alpha value is -3.61. The maximum absolute atomic E-state index is 12.5. The van der Waals surface area contributed by atoms with Gasteiger partial charge < -0.3 is 19.5 Å². The fourth-order valence-electron chi connectivity index (χ4n) is 4.49. The van der Waals surface area contributed by atoms with Crippen molar-refractivity contribution in [3.63, 3.8) is 0 Å². The lowest BCUT2D eigenvalue weighted by atomic mass is 9.89. The average Bonchev–Trinajstić information content (AvgIpc) is 3.34. The summed E-state index contributed by atoms with van der Waals surface area (Å²) in [6.07, 6.45) is 7.00. The lowest BCUT2D eigenvalue weighted by Gasteiger charge is -2.39. The summed E-state index contributed by atoms with van der Waals surface area (Å²) in [5, 5.41) is 2.99. The molecule has 3 amide bonds. The molecule has 0 bridgehead atoms. The minimum atomic E-state index is -0.0670. The van der Waals surface area contributed by atoms with E-state index in [-0.39, 0.29) is 11.9 Å². The van der Waals surface area contributed by atoms with E-state index in [4.69, 9.17) is 4.42 Å². The molecule has 0 radical (unpaired) electrons. The SMILES string of the molecule is O=C(Nc1ccc(C2CCN(C(=O)c3ccco3)CC2)cc1)N1CC(c2cccnc2)C1. The van der Waals surface area contributed by atoms with E-state index < -0.39 is 0 Å². The standard InChI is InChI=1S/C25H26N4O3/c30-24(23-4-2-14-32-23)28-12-9-19(10-13-28)18-5-7-22(8-6-18)27-25(31)29-16-21(17-29)20-3-1-11-26-15-20/h1-8,11,14-15,19,21H,9-10,12-13,16-17H2,(H,27,31). The molecule has 2 aliphatic rings. The molecule has 1 N–H and O–H groups in total. The van der Waals surface area contributed by atoms with Crippen LogP contribution in [-0.4, -0.2) is 52.9 Å². The number of furan rings is 1. The van der Waals surface area contributed by atoms with Crippen molar-refractivity contribution in [3.8, 4) is 0 Å². The quantitative estimate of drug-likeness (QED) is 0.668. The Morgan fingerprint density at radius 3 is 2.34 bits per heavy atom. The van der Waals surface area contributed by atoms with Crippen molar-refractivity contribution < 1.29 is 14.0 Å². The Bertz CT molecular complexity index is 1050. The van der Waals surface area contributed by atoms with Gasteiger partial charge in [0.05, 0.1) is 6.26 Å². The summed E-state index contributed by atoms with van der Waals surface area (Å²) in [5.74, 6) is 1.14. The number of pyridine rings is 1. The smallest absolute Gasteiger partial charge is 0.321 e. The van der Waals surface area contributed by atoms with Crippen molar-refractivity contribution in [1.29, 1.82) is 0 Å². The number of urea groups is 1. The highest BCUT2D eigenvalue weighted by Crippen LogP contribution is 2.30. The summed E-state index contributed by atoms with van der Waals surface area (Å²) in [6.45, 7) is 2.86. The van der Waals surface area contributed by atoms with E-state index in [1.165, 1.54) is 17.4 Å². The van der Waals surface area contributed by atoms with Crippen LogP contribution in [0.2, 0.25) is 0 Å². The fraction of sp³-hybridized carbons (Fsp3) is 0.320. The molecule has 4 heterocycles. The largest absolute Gasteiger partial charge is 0.459 e. The van der Waals surface area contributed by atoms with Crippen LogP contribution in [-0.2, 0) is 0 Å². The van der Waals surface area contributed by atoms with Crippen LogP contribution < -0.4 is 5.32 Å². The minimum absolute atomic E-state index is 0.0386. The highest BCUT2D eigenvalue weighted by Gasteiger charge is 2.32. The van der Waals surface area contributed by atoms with E-state index in [0.29, 0.717) is 30.7 Å². The van der Waals surface area contributed by atoms with Crippen LogP contribution in [0.3, 0.4) is 0 Å². The predicted octanol–water partition coefficient (Wildman–Crippen LogP) is 4.33. The van der Waals surface area contributed by atoms with Crippen molar-refractivity contribution in [2.24, 2.45) is 0 Å². The number of benzene rings is 1. The number of hydrogen-bond acceptors (Lipinski definition) is 4. The van der Waals surface area contributed by atoms with Gasteiger partial charge in [0.25, 0.3) is 5.91 Å². The van der Waals surface area contributed by atoms with Crippen molar-refractivity contribution in [2.45, 2.75) is 24.7 Å². The van der Waals surface area contributed by atoms with Crippen LogP contribution >= 0.6 is 0 Å². The van der Waals surface area contributed by atoms with Gasteiger partial charge in [-0.05, 0) is 60.2 Å². The second kappa shape index (κ2) is 8.86. The molecule has 3 aromatic rings. The first-order valence-corrected chi connectivity index (χ1v) is 11.1. The van der Waals surface area contributed by atoms with E-state index in [1.54, 1.807) is 18.3 Å². The normalized spacial score (nSPS) is 17.1. The second-order valence-corrected chi connectivity index (χ2v) is 8.48. The topological polar surface area (TPSA) is 78.7 Å². The molecule has 2 fully saturated rings. The van der Waals surface area contributed by atoms with E-state index >= 15 is 0 Å². The number of carbonyl (C=O) groups is 2. The van der Waals surface area contributed by atoms with Gasteiger partial charge in [0.15, 0.2) is 5.76 Å². The molecule has 0 atom stereocenters. The van der Waals surface area contributed by atoms with E-state index in [0.717, 1.165) is 31.6 Å². The number of anilines is 1. The molecule has 5 rings (SSSR count). The highest BCUT2D eigenvalue weighted by atomic mass is 16.3. The third kappa shape index (κ3) is 4.23. The molecule has 0 saturated carbocycles. The monoisotopic (exact) mass is 430 g/mol. The number of aromatic nitrogens is 1. The Kier molecular flexibility index (Phi) is 5.62. The number of hydrogen-bond donors (Lipinski definition) is 1. The lowest BCUT2D eigenvalue weighted by molar-refractivity contribution is 0.0681. The lowest BCUT2D eigenvalue weighted by Crippen LogP contribution is -2.50. The van der Waals surface area contributed by atoms with E-state index in [9.17, 15) is 9.59 Å². The first-order chi connectivity index (χ1) is 15.7. The molecule has 2 aliphatic heterocycles. The summed E-state index contributed by atoms with van der Waals surface area (Å²) in [5.41, 5.74) is 3.22. The summed E-state index contributed by atoms with van der Waals surface area (Å²) in [6, 6.07) is 15.5. The number of piperidine rings is 1. The van der Waals surface area contributed by atoms with Crippen LogP contribution in [0.15, 0.2) is 71.6 Å². The molecular weight excluding hydrogens is 404 g/mol. The van der Waals surface area contributed by atoms with Gasteiger partial charge in [-0.1, -0.05) is 18.2 Å². The van der Waals surface area contributed by atoms with E-state index in [1.807, 2.05) is 34.2 Å². The summed E-state index contributed by atoms with van der Waals surface area (Å²) in [7, 11) is 0. The number of carbonyl (C=O) groups excluding carboxylic acids is 2. The molecule has 7 heteroatoms. The molecule has 2 aromatic heterocycles. The molecule has 7 nitrogen and oxygen atoms in total. The van der Waals surface area contributed by atoms with Gasteiger partial charge in [0, 0.05) is 50.2 Å². The number of nitrogens with one attached hydrogen (secondary N) is 1. The number of likely N-dealkylation sites (tertiary alicyclic amines) is 2. The van der Waals surface area contributed by atoms with Gasteiger partial charge in [-0.25, -0.2) is 4.79 Å². The summed E-state index contributed by atoms with van der Waals surface area (Å²) in [4.78, 5) is 32.8. The first kappa shape index (κ1) is 20.3. The fourth-order valence-corrected chi connectivity index (χ4v) is 4.49. The minimum Gasteiger partial charge on any atom is -0.459 e. The van der Waals surface area contributed by atoms with Crippen LogP contribution in [0.4, 0.5) is 10.5 Å². The molecule has 32 heavy (non-hydrogen) atoms. The number of rotatable bonds is 4. The van der Waals surface area contributed by atoms with E-state index in [2.05, 4.69) is 28.5 Å². The van der Waals surface area contributed by atoms with Crippen molar-refractivity contribution in [1.82, 2.24) is 14.8 Å². The van der Waals surface area contributed by atoms with Crippen LogP contribution in [0.25, 0.3) is 0 Å². The molecule has 164 valence electrons. The van der Waals surface area contributed by atoms with Crippen LogP contribution in [0, 0.1) is 0 Å². The molecule has 2 saturated heterocycles. The molecular formula is C25H26N4O3. The maximum atomic E-state index is 12.5. The predicted molar refractivity (Wildman–Crippen MR) is 121 cm³/mol. The summed E-state index contributed by atoms with van der Waals surface area (Å²) >= 11 is 0. The Balaban J connectivity index is 1.10. The van der Waals surface area contributed by atoms with Gasteiger partial charge >= 0.3 is 6.03 Å². The first-order valence-electron chi connectivity index (χ1n) is 11.1. The van der Waals surface area contributed by atoms with Crippen molar-refractivity contribution in [3.05, 3.63) is 84.1 Å². The van der Waals surface area contributed by atoms with Gasteiger partial charge in [0.2, 0.25) is 0 Å². The van der Waals surface area contributed by atoms with Crippen LogP contribution in [0.1, 0.15) is 46.4 Å². The van der Waals surface area contributed by atoms with Gasteiger partial charge in [0.1, 0.15) is 0 Å².